The summed E-state index contributed by atoms with van der Waals surface area (Å²) in [6.07, 6.45) is 0. The van der Waals surface area contributed by atoms with E-state index in [0.29, 0.717) is 11.5 Å². The van der Waals surface area contributed by atoms with E-state index in [1.807, 2.05) is 4.83 Å². The van der Waals surface area contributed by atoms with Crippen molar-refractivity contribution in [2.45, 2.75) is 11.8 Å². The summed E-state index contributed by atoms with van der Waals surface area (Å²) in [5, 5.41) is 10.9. The zero-order valence-corrected chi connectivity index (χ0v) is 15.5. The van der Waals surface area contributed by atoms with Gasteiger partial charge in [-0.15, -0.1) is 4.83 Å². The Morgan fingerprint density at radius 2 is 1.67 bits per heavy atom. The molecule has 2 rings (SSSR count). The second kappa shape index (κ2) is 8.01. The van der Waals surface area contributed by atoms with E-state index in [1.165, 1.54) is 45.4 Å². The second-order valence-electron chi connectivity index (χ2n) is 5.37. The lowest BCUT2D eigenvalue weighted by Crippen LogP contribution is -2.41. The average molecular weight is 395 g/mol. The lowest BCUT2D eigenvalue weighted by atomic mass is 10.2. The molecular formula is C16H17N3O7S. The molecule has 11 heteroatoms. The monoisotopic (exact) mass is 395 g/mol. The zero-order chi connectivity index (χ0) is 20.2. The topological polar surface area (TPSA) is 137 Å². The molecule has 10 nitrogen and oxygen atoms in total. The Bertz CT molecular complexity index is 967. The van der Waals surface area contributed by atoms with Gasteiger partial charge in [0, 0.05) is 23.8 Å². The molecule has 0 atom stereocenters. The number of rotatable bonds is 7. The van der Waals surface area contributed by atoms with Crippen molar-refractivity contribution in [2.75, 3.05) is 14.2 Å². The summed E-state index contributed by atoms with van der Waals surface area (Å²) in [7, 11) is -1.42. The number of aryl methyl sites for hydroxylation is 1. The number of hydrogen-bond donors (Lipinski definition) is 2. The van der Waals surface area contributed by atoms with E-state index in [1.54, 1.807) is 6.07 Å². The lowest BCUT2D eigenvalue weighted by molar-refractivity contribution is -0.385. The average Bonchev–Trinajstić information content (AvgIpc) is 2.65. The van der Waals surface area contributed by atoms with E-state index in [0.717, 1.165) is 6.07 Å². The van der Waals surface area contributed by atoms with Gasteiger partial charge in [0.1, 0.15) is 11.5 Å². The minimum atomic E-state index is -4.23. The molecule has 0 aliphatic carbocycles. The van der Waals surface area contributed by atoms with Gasteiger partial charge >= 0.3 is 0 Å². The van der Waals surface area contributed by atoms with Gasteiger partial charge in [-0.3, -0.25) is 20.3 Å². The highest BCUT2D eigenvalue weighted by atomic mass is 32.2. The van der Waals surface area contributed by atoms with E-state index < -0.39 is 20.9 Å². The number of methoxy groups -OCH3 is 2. The summed E-state index contributed by atoms with van der Waals surface area (Å²) < 4.78 is 34.9. The van der Waals surface area contributed by atoms with Crippen molar-refractivity contribution in [3.8, 4) is 11.5 Å². The number of nitro benzene ring substituents is 1. The van der Waals surface area contributed by atoms with Crippen LogP contribution < -0.4 is 19.7 Å². The Hall–Kier alpha value is -3.18. The van der Waals surface area contributed by atoms with Crippen molar-refractivity contribution in [1.82, 2.24) is 10.3 Å². The maximum absolute atomic E-state index is 12.4. The van der Waals surface area contributed by atoms with Crippen LogP contribution in [0.25, 0.3) is 0 Å². The van der Waals surface area contributed by atoms with Crippen molar-refractivity contribution in [1.29, 1.82) is 0 Å². The van der Waals surface area contributed by atoms with Gasteiger partial charge in [0.2, 0.25) is 0 Å². The third kappa shape index (κ3) is 4.71. The molecule has 2 N–H and O–H groups in total. The molecule has 0 fully saturated rings. The van der Waals surface area contributed by atoms with E-state index in [-0.39, 0.29) is 21.7 Å². The Labute approximate surface area is 155 Å². The number of carbonyl (C=O) groups excluding carboxylic acids is 1. The summed E-state index contributed by atoms with van der Waals surface area (Å²) in [4.78, 5) is 24.0. The number of nitrogens with one attached hydrogen (secondary N) is 2. The molecule has 2 aromatic rings. The molecule has 2 aromatic carbocycles. The fourth-order valence-electron chi connectivity index (χ4n) is 2.17. The van der Waals surface area contributed by atoms with E-state index in [2.05, 4.69) is 5.43 Å². The van der Waals surface area contributed by atoms with Crippen molar-refractivity contribution >= 4 is 21.6 Å². The minimum absolute atomic E-state index is 0.0877. The normalized spacial score (nSPS) is 10.9. The number of carbonyl (C=O) groups is 1. The largest absolute Gasteiger partial charge is 0.497 e. The van der Waals surface area contributed by atoms with Gasteiger partial charge in [-0.1, -0.05) is 6.07 Å². The van der Waals surface area contributed by atoms with Gasteiger partial charge in [0.05, 0.1) is 24.0 Å². The molecule has 0 aromatic heterocycles. The number of amides is 1. The molecule has 144 valence electrons. The highest BCUT2D eigenvalue weighted by molar-refractivity contribution is 7.89. The fraction of sp³-hybridized carbons (Fsp3) is 0.188. The van der Waals surface area contributed by atoms with Gasteiger partial charge in [0.15, 0.2) is 0 Å². The molecule has 0 spiro atoms. The van der Waals surface area contributed by atoms with Crippen LogP contribution in [0.15, 0.2) is 41.3 Å². The number of benzene rings is 2. The molecule has 0 saturated heterocycles. The van der Waals surface area contributed by atoms with Crippen LogP contribution in [0.2, 0.25) is 0 Å². The van der Waals surface area contributed by atoms with Crippen LogP contribution >= 0.6 is 0 Å². The predicted molar refractivity (Wildman–Crippen MR) is 95.2 cm³/mol. The fourth-order valence-corrected chi connectivity index (χ4v) is 3.28. The SMILES string of the molecule is COc1cc(OC)cc(C(=O)NNS(=O)(=O)c2cc([N+](=O)[O-])ccc2C)c1. The highest BCUT2D eigenvalue weighted by Gasteiger charge is 2.21. The number of hydrazine groups is 1. The summed E-state index contributed by atoms with van der Waals surface area (Å²) >= 11 is 0. The van der Waals surface area contributed by atoms with Gasteiger partial charge in [-0.2, -0.15) is 0 Å². The third-order valence-electron chi connectivity index (χ3n) is 3.58. The Kier molecular flexibility index (Phi) is 5.98. The number of hydrogen-bond acceptors (Lipinski definition) is 7. The standard InChI is InChI=1S/C16H17N3O7S/c1-10-4-5-12(19(21)22)8-15(10)27(23,24)18-17-16(20)11-6-13(25-2)9-14(7-11)26-3/h4-9,18H,1-3H3,(H,17,20). The first-order chi connectivity index (χ1) is 12.7. The first-order valence-corrected chi connectivity index (χ1v) is 8.96. The number of nitrogens with zero attached hydrogens (tertiary/aromatic N) is 1. The Morgan fingerprint density at radius 1 is 1.07 bits per heavy atom. The molecule has 0 aliphatic heterocycles. The molecule has 0 heterocycles. The number of non-ortho nitro benzene ring substituents is 1. The number of ether oxygens (including phenoxy) is 2. The first kappa shape index (κ1) is 20.1. The van der Waals surface area contributed by atoms with Crippen molar-refractivity contribution in [3.63, 3.8) is 0 Å². The summed E-state index contributed by atoms with van der Waals surface area (Å²) in [5.74, 6) is -0.0763. The first-order valence-electron chi connectivity index (χ1n) is 7.48. The highest BCUT2D eigenvalue weighted by Crippen LogP contribution is 2.23. The predicted octanol–water partition coefficient (Wildman–Crippen LogP) is 1.54. The third-order valence-corrected chi connectivity index (χ3v) is 4.97. The van der Waals surface area contributed by atoms with Crippen LogP contribution in [0, 0.1) is 17.0 Å². The molecule has 0 unspecified atom stereocenters. The molecule has 27 heavy (non-hydrogen) atoms. The summed E-state index contributed by atoms with van der Waals surface area (Å²) in [6, 6.07) is 7.75. The van der Waals surface area contributed by atoms with E-state index in [9.17, 15) is 23.3 Å². The van der Waals surface area contributed by atoms with Gasteiger partial charge in [-0.05, 0) is 24.6 Å². The quantitative estimate of drug-likeness (QED) is 0.536. The van der Waals surface area contributed by atoms with Crippen LogP contribution in [0.1, 0.15) is 15.9 Å². The molecule has 0 bridgehead atoms. The van der Waals surface area contributed by atoms with Crippen molar-refractivity contribution in [2.24, 2.45) is 0 Å². The summed E-state index contributed by atoms with van der Waals surface area (Å²) in [5.41, 5.74) is 2.04. The minimum Gasteiger partial charge on any atom is -0.497 e. The van der Waals surface area contributed by atoms with Crippen LogP contribution in [0.4, 0.5) is 5.69 Å². The van der Waals surface area contributed by atoms with Gasteiger partial charge < -0.3 is 9.47 Å². The number of nitro groups is 1. The Balaban J connectivity index is 2.24. The maximum Gasteiger partial charge on any atom is 0.270 e. The van der Waals surface area contributed by atoms with Crippen molar-refractivity contribution < 1.29 is 27.6 Å². The Morgan fingerprint density at radius 3 is 2.19 bits per heavy atom. The smallest absolute Gasteiger partial charge is 0.270 e. The van der Waals surface area contributed by atoms with Crippen LogP contribution in [0.3, 0.4) is 0 Å². The zero-order valence-electron chi connectivity index (χ0n) is 14.7. The maximum atomic E-state index is 12.4. The van der Waals surface area contributed by atoms with E-state index in [4.69, 9.17) is 9.47 Å². The molecule has 1 amide bonds. The van der Waals surface area contributed by atoms with Crippen LogP contribution in [-0.4, -0.2) is 33.5 Å². The van der Waals surface area contributed by atoms with Gasteiger partial charge in [-0.25, -0.2) is 8.42 Å². The van der Waals surface area contributed by atoms with Crippen LogP contribution in [-0.2, 0) is 10.0 Å². The van der Waals surface area contributed by atoms with Crippen molar-refractivity contribution in [3.05, 3.63) is 57.6 Å². The second-order valence-corrected chi connectivity index (χ2v) is 7.02. The summed E-state index contributed by atoms with van der Waals surface area (Å²) in [6.45, 7) is 1.48. The molecule has 0 aliphatic rings. The molecular weight excluding hydrogens is 378 g/mol. The van der Waals surface area contributed by atoms with E-state index >= 15 is 0 Å². The molecule has 0 radical (unpaired) electrons. The molecule has 0 saturated carbocycles. The van der Waals surface area contributed by atoms with Gasteiger partial charge in [0.25, 0.3) is 21.6 Å². The van der Waals surface area contributed by atoms with Crippen LogP contribution in [0.5, 0.6) is 11.5 Å². The number of sulfonamides is 1. The lowest BCUT2D eigenvalue weighted by Gasteiger charge is -2.12.